The van der Waals surface area contributed by atoms with Gasteiger partial charge in [0.1, 0.15) is 0 Å². The third-order valence-corrected chi connectivity index (χ3v) is 3.82. The van der Waals surface area contributed by atoms with Crippen molar-refractivity contribution in [3.63, 3.8) is 0 Å². The van der Waals surface area contributed by atoms with E-state index in [-0.39, 0.29) is 0 Å². The van der Waals surface area contributed by atoms with Gasteiger partial charge in [-0.1, -0.05) is 0 Å². The van der Waals surface area contributed by atoms with Crippen molar-refractivity contribution < 1.29 is 4.74 Å². The maximum absolute atomic E-state index is 5.26. The van der Waals surface area contributed by atoms with Crippen molar-refractivity contribution in [2.24, 2.45) is 5.92 Å². The Morgan fingerprint density at radius 3 is 3.12 bits per heavy atom. The van der Waals surface area contributed by atoms with E-state index >= 15 is 0 Å². The number of ether oxygens (including phenoxy) is 1. The van der Waals surface area contributed by atoms with Crippen LogP contribution in [0.3, 0.4) is 0 Å². The molecule has 4 heteroatoms. The molecule has 0 spiro atoms. The monoisotopic (exact) mass is 246 g/mol. The molecule has 0 aromatic carbocycles. The zero-order valence-corrected chi connectivity index (χ0v) is 10.5. The predicted octanol–water partition coefficient (Wildman–Crippen LogP) is 3.17. The lowest BCUT2D eigenvalue weighted by molar-refractivity contribution is 0.399. The van der Waals surface area contributed by atoms with Crippen LogP contribution in [0.15, 0.2) is 23.7 Å². The van der Waals surface area contributed by atoms with Crippen LogP contribution < -0.4 is 4.74 Å². The highest BCUT2D eigenvalue weighted by Gasteiger charge is 2.23. The normalized spacial score (nSPS) is 14.9. The summed E-state index contributed by atoms with van der Waals surface area (Å²) in [4.78, 5) is 8.87. The number of hydrogen-bond acceptors (Lipinski definition) is 4. The number of pyridine rings is 1. The summed E-state index contributed by atoms with van der Waals surface area (Å²) in [5.74, 6) is 1.53. The van der Waals surface area contributed by atoms with E-state index in [9.17, 15) is 0 Å². The molecule has 0 unspecified atom stereocenters. The van der Waals surface area contributed by atoms with E-state index in [1.54, 1.807) is 24.6 Å². The van der Waals surface area contributed by atoms with Crippen LogP contribution >= 0.6 is 11.3 Å². The first-order valence-electron chi connectivity index (χ1n) is 5.80. The fraction of sp³-hybridized carbons (Fsp3) is 0.385. The van der Waals surface area contributed by atoms with Crippen molar-refractivity contribution in [2.45, 2.75) is 19.3 Å². The molecule has 1 aliphatic carbocycles. The summed E-state index contributed by atoms with van der Waals surface area (Å²) in [6.45, 7) is 0. The molecule has 0 bridgehead atoms. The van der Waals surface area contributed by atoms with Gasteiger partial charge in [-0.25, -0.2) is 9.97 Å². The van der Waals surface area contributed by atoms with Gasteiger partial charge in [0.05, 0.1) is 23.4 Å². The van der Waals surface area contributed by atoms with E-state index in [1.807, 2.05) is 12.1 Å². The predicted molar refractivity (Wildman–Crippen MR) is 68.3 cm³/mol. The summed E-state index contributed by atoms with van der Waals surface area (Å²) < 4.78 is 5.26. The van der Waals surface area contributed by atoms with Gasteiger partial charge < -0.3 is 4.74 Å². The maximum atomic E-state index is 5.26. The van der Waals surface area contributed by atoms with Crippen LogP contribution in [0.4, 0.5) is 0 Å². The number of thiazole rings is 1. The smallest absolute Gasteiger partial charge is 0.222 e. The Balaban J connectivity index is 1.88. The molecule has 0 amide bonds. The number of methoxy groups -OCH3 is 1. The minimum Gasteiger partial charge on any atom is -0.481 e. The molecule has 1 aliphatic rings. The van der Waals surface area contributed by atoms with Gasteiger partial charge in [-0.15, -0.1) is 11.3 Å². The van der Waals surface area contributed by atoms with E-state index in [4.69, 9.17) is 4.74 Å². The van der Waals surface area contributed by atoms with Gasteiger partial charge in [0.25, 0.3) is 0 Å². The Bertz CT molecular complexity index is 520. The van der Waals surface area contributed by atoms with Gasteiger partial charge in [0.2, 0.25) is 5.88 Å². The lowest BCUT2D eigenvalue weighted by atomic mass is 10.2. The molecule has 1 fully saturated rings. The second-order valence-corrected chi connectivity index (χ2v) is 5.28. The SMILES string of the molecule is COc1ncccc1-c1csc(CC2CC2)n1. The Labute approximate surface area is 105 Å². The highest BCUT2D eigenvalue weighted by Crippen LogP contribution is 2.35. The minimum atomic E-state index is 0.649. The lowest BCUT2D eigenvalue weighted by Crippen LogP contribution is -1.91. The maximum Gasteiger partial charge on any atom is 0.222 e. The molecular weight excluding hydrogens is 232 g/mol. The van der Waals surface area contributed by atoms with Gasteiger partial charge in [0, 0.05) is 18.0 Å². The highest BCUT2D eigenvalue weighted by atomic mass is 32.1. The van der Waals surface area contributed by atoms with Crippen molar-refractivity contribution in [3.05, 3.63) is 28.7 Å². The molecule has 2 aromatic heterocycles. The van der Waals surface area contributed by atoms with E-state index in [2.05, 4.69) is 15.3 Å². The van der Waals surface area contributed by atoms with E-state index < -0.39 is 0 Å². The second-order valence-electron chi connectivity index (χ2n) is 4.33. The van der Waals surface area contributed by atoms with Crippen LogP contribution in [-0.2, 0) is 6.42 Å². The number of rotatable bonds is 4. The van der Waals surface area contributed by atoms with Crippen LogP contribution in [0.1, 0.15) is 17.8 Å². The summed E-state index contributed by atoms with van der Waals surface area (Å²) in [5.41, 5.74) is 1.96. The van der Waals surface area contributed by atoms with E-state index in [1.165, 1.54) is 17.8 Å². The molecule has 3 nitrogen and oxygen atoms in total. The zero-order chi connectivity index (χ0) is 11.7. The van der Waals surface area contributed by atoms with Gasteiger partial charge in [-0.05, 0) is 30.9 Å². The van der Waals surface area contributed by atoms with Crippen LogP contribution in [0.25, 0.3) is 11.3 Å². The van der Waals surface area contributed by atoms with Crippen molar-refractivity contribution >= 4 is 11.3 Å². The van der Waals surface area contributed by atoms with Gasteiger partial charge in [-0.3, -0.25) is 0 Å². The first-order chi connectivity index (χ1) is 8.36. The first-order valence-corrected chi connectivity index (χ1v) is 6.68. The van der Waals surface area contributed by atoms with Crippen LogP contribution in [0.2, 0.25) is 0 Å². The van der Waals surface area contributed by atoms with Gasteiger partial charge in [-0.2, -0.15) is 0 Å². The van der Waals surface area contributed by atoms with Crippen molar-refractivity contribution in [1.82, 2.24) is 9.97 Å². The summed E-state index contributed by atoms with van der Waals surface area (Å²) in [5, 5.41) is 3.32. The molecule has 0 radical (unpaired) electrons. The molecule has 2 aromatic rings. The highest BCUT2D eigenvalue weighted by molar-refractivity contribution is 7.09. The molecule has 17 heavy (non-hydrogen) atoms. The topological polar surface area (TPSA) is 35.0 Å². The standard InChI is InChI=1S/C13H14N2OS/c1-16-13-10(3-2-6-14-13)11-8-17-12(15-11)7-9-4-5-9/h2-3,6,8-9H,4-5,7H2,1H3. The lowest BCUT2D eigenvalue weighted by Gasteiger charge is -2.03. The molecule has 0 atom stereocenters. The van der Waals surface area contributed by atoms with Crippen LogP contribution in [0, 0.1) is 5.92 Å². The summed E-state index contributed by atoms with van der Waals surface area (Å²) in [6.07, 6.45) is 5.60. The molecule has 0 aliphatic heterocycles. The second kappa shape index (κ2) is 4.45. The average Bonchev–Trinajstić information content (AvgIpc) is 3.05. The Kier molecular flexibility index (Phi) is 2.81. The number of aromatic nitrogens is 2. The van der Waals surface area contributed by atoms with Crippen molar-refractivity contribution in [2.75, 3.05) is 7.11 Å². The largest absolute Gasteiger partial charge is 0.481 e. The third kappa shape index (κ3) is 2.31. The van der Waals surface area contributed by atoms with Crippen molar-refractivity contribution in [1.29, 1.82) is 0 Å². The Morgan fingerprint density at radius 2 is 2.35 bits per heavy atom. The molecule has 2 heterocycles. The third-order valence-electron chi connectivity index (χ3n) is 2.95. The number of nitrogens with zero attached hydrogens (tertiary/aromatic N) is 2. The number of hydrogen-bond donors (Lipinski definition) is 0. The Morgan fingerprint density at radius 1 is 1.47 bits per heavy atom. The summed E-state index contributed by atoms with van der Waals surface area (Å²) in [6, 6.07) is 3.92. The summed E-state index contributed by atoms with van der Waals surface area (Å²) in [7, 11) is 1.64. The fourth-order valence-electron chi connectivity index (χ4n) is 1.85. The average molecular weight is 246 g/mol. The van der Waals surface area contributed by atoms with Gasteiger partial charge >= 0.3 is 0 Å². The summed E-state index contributed by atoms with van der Waals surface area (Å²) >= 11 is 1.74. The van der Waals surface area contributed by atoms with Crippen molar-refractivity contribution in [3.8, 4) is 17.1 Å². The molecule has 88 valence electrons. The fourth-order valence-corrected chi connectivity index (χ4v) is 2.76. The van der Waals surface area contributed by atoms with Crippen LogP contribution in [-0.4, -0.2) is 17.1 Å². The molecule has 0 N–H and O–H groups in total. The quantitative estimate of drug-likeness (QED) is 0.831. The van der Waals surface area contributed by atoms with Crippen LogP contribution in [0.5, 0.6) is 5.88 Å². The zero-order valence-electron chi connectivity index (χ0n) is 9.72. The molecule has 0 saturated heterocycles. The Hall–Kier alpha value is -1.42. The first kappa shape index (κ1) is 10.7. The molecule has 3 rings (SSSR count). The van der Waals surface area contributed by atoms with E-state index in [0.29, 0.717) is 5.88 Å². The minimum absolute atomic E-state index is 0.649. The van der Waals surface area contributed by atoms with Gasteiger partial charge in [0.15, 0.2) is 0 Å². The van der Waals surface area contributed by atoms with E-state index in [0.717, 1.165) is 23.6 Å². The molecule has 1 saturated carbocycles. The molecular formula is C13H14N2OS.